The predicted octanol–water partition coefficient (Wildman–Crippen LogP) is 2.34. The molecule has 0 unspecified atom stereocenters. The number of hydrogen-bond donors (Lipinski definition) is 1. The number of rotatable bonds is 5. The summed E-state index contributed by atoms with van der Waals surface area (Å²) in [7, 11) is -3.38. The molecule has 0 aliphatic heterocycles. The van der Waals surface area contributed by atoms with Gasteiger partial charge in [-0.2, -0.15) is 0 Å². The van der Waals surface area contributed by atoms with Crippen molar-refractivity contribution in [1.29, 1.82) is 0 Å². The van der Waals surface area contributed by atoms with Gasteiger partial charge < -0.3 is 4.74 Å². The van der Waals surface area contributed by atoms with Crippen molar-refractivity contribution in [3.8, 4) is 5.75 Å². The minimum atomic E-state index is -3.38. The first kappa shape index (κ1) is 14.3. The first-order chi connectivity index (χ1) is 9.46. The van der Waals surface area contributed by atoms with Crippen LogP contribution in [0.5, 0.6) is 5.75 Å². The molecule has 1 aromatic heterocycles. The molecule has 0 saturated carbocycles. The molecule has 0 atom stereocenters. The molecule has 6 heteroatoms. The van der Waals surface area contributed by atoms with Crippen LogP contribution in [-0.2, 0) is 16.6 Å². The number of anilines is 1. The molecule has 2 aromatic rings. The standard InChI is InChI=1S/C14H16N2O3S/c1-11-6-3-4-7-12(11)10-19-13-8-5-9-15-14(13)16-20(2,17)18/h3-9H,10H2,1-2H3,(H,15,16). The smallest absolute Gasteiger partial charge is 0.231 e. The minimum Gasteiger partial charge on any atom is -0.485 e. The van der Waals surface area contributed by atoms with Gasteiger partial charge in [-0.15, -0.1) is 0 Å². The molecule has 0 spiro atoms. The molecule has 0 fully saturated rings. The second-order valence-electron chi connectivity index (χ2n) is 4.44. The van der Waals surface area contributed by atoms with Crippen LogP contribution in [-0.4, -0.2) is 19.7 Å². The lowest BCUT2D eigenvalue weighted by atomic mass is 10.1. The van der Waals surface area contributed by atoms with Gasteiger partial charge in [0.1, 0.15) is 6.61 Å². The van der Waals surface area contributed by atoms with Crippen LogP contribution < -0.4 is 9.46 Å². The van der Waals surface area contributed by atoms with Crippen molar-refractivity contribution >= 4 is 15.8 Å². The molecule has 1 heterocycles. The number of pyridine rings is 1. The molecule has 1 aromatic carbocycles. The summed E-state index contributed by atoms with van der Waals surface area (Å²) in [4.78, 5) is 3.98. The lowest BCUT2D eigenvalue weighted by molar-refractivity contribution is 0.306. The lowest BCUT2D eigenvalue weighted by Crippen LogP contribution is -2.12. The zero-order chi connectivity index (χ0) is 14.6. The summed E-state index contributed by atoms with van der Waals surface area (Å²) in [5, 5.41) is 0. The van der Waals surface area contributed by atoms with Crippen LogP contribution in [0.1, 0.15) is 11.1 Å². The Hall–Kier alpha value is -2.08. The number of ether oxygens (including phenoxy) is 1. The van der Waals surface area contributed by atoms with E-state index in [0.717, 1.165) is 17.4 Å². The largest absolute Gasteiger partial charge is 0.485 e. The van der Waals surface area contributed by atoms with Crippen molar-refractivity contribution in [2.24, 2.45) is 0 Å². The summed E-state index contributed by atoms with van der Waals surface area (Å²) in [5.41, 5.74) is 2.16. The van der Waals surface area contributed by atoms with Crippen LogP contribution in [0.4, 0.5) is 5.82 Å². The summed E-state index contributed by atoms with van der Waals surface area (Å²) >= 11 is 0. The average Bonchev–Trinajstić information content (AvgIpc) is 2.37. The zero-order valence-corrected chi connectivity index (χ0v) is 12.1. The SMILES string of the molecule is Cc1ccccc1COc1cccnc1NS(C)(=O)=O. The zero-order valence-electron chi connectivity index (χ0n) is 11.3. The van der Waals surface area contributed by atoms with E-state index in [1.807, 2.05) is 31.2 Å². The average molecular weight is 292 g/mol. The van der Waals surface area contributed by atoms with E-state index in [2.05, 4.69) is 9.71 Å². The third kappa shape index (κ3) is 3.96. The Morgan fingerprint density at radius 1 is 1.20 bits per heavy atom. The van der Waals surface area contributed by atoms with E-state index in [1.165, 1.54) is 6.20 Å². The predicted molar refractivity (Wildman–Crippen MR) is 78.2 cm³/mol. The Morgan fingerprint density at radius 3 is 2.65 bits per heavy atom. The molecule has 0 bridgehead atoms. The Labute approximate surface area is 118 Å². The second-order valence-corrected chi connectivity index (χ2v) is 6.19. The number of aromatic nitrogens is 1. The van der Waals surface area contributed by atoms with E-state index < -0.39 is 10.0 Å². The fourth-order valence-corrected chi connectivity index (χ4v) is 2.19. The normalized spacial score (nSPS) is 11.1. The molecule has 2 rings (SSSR count). The molecule has 1 N–H and O–H groups in total. The van der Waals surface area contributed by atoms with Gasteiger partial charge in [0, 0.05) is 6.20 Å². The summed E-state index contributed by atoms with van der Waals surface area (Å²) in [6.07, 6.45) is 2.58. The lowest BCUT2D eigenvalue weighted by Gasteiger charge is -2.12. The summed E-state index contributed by atoms with van der Waals surface area (Å²) in [5.74, 6) is 0.602. The van der Waals surface area contributed by atoms with Crippen molar-refractivity contribution in [1.82, 2.24) is 4.98 Å². The van der Waals surface area contributed by atoms with E-state index in [1.54, 1.807) is 12.1 Å². The third-order valence-corrected chi connectivity index (χ3v) is 3.26. The van der Waals surface area contributed by atoms with Gasteiger partial charge in [0.05, 0.1) is 6.26 Å². The number of aryl methyl sites for hydroxylation is 1. The van der Waals surface area contributed by atoms with E-state index in [4.69, 9.17) is 4.74 Å². The Kier molecular flexibility index (Phi) is 4.24. The van der Waals surface area contributed by atoms with E-state index >= 15 is 0 Å². The number of nitrogens with one attached hydrogen (secondary N) is 1. The van der Waals surface area contributed by atoms with Crippen molar-refractivity contribution in [3.05, 3.63) is 53.7 Å². The van der Waals surface area contributed by atoms with E-state index in [-0.39, 0.29) is 5.82 Å². The number of benzene rings is 1. The van der Waals surface area contributed by atoms with Gasteiger partial charge in [-0.05, 0) is 30.2 Å². The topological polar surface area (TPSA) is 68.3 Å². The maximum Gasteiger partial charge on any atom is 0.231 e. The Balaban J connectivity index is 2.16. The molecule has 5 nitrogen and oxygen atoms in total. The summed E-state index contributed by atoms with van der Waals surface area (Å²) in [6, 6.07) is 11.2. The number of sulfonamides is 1. The molecule has 106 valence electrons. The van der Waals surface area contributed by atoms with Gasteiger partial charge >= 0.3 is 0 Å². The molecule has 0 amide bonds. The van der Waals surface area contributed by atoms with Crippen molar-refractivity contribution in [2.45, 2.75) is 13.5 Å². The van der Waals surface area contributed by atoms with Crippen LogP contribution in [0.3, 0.4) is 0 Å². The highest BCUT2D eigenvalue weighted by molar-refractivity contribution is 7.92. The monoisotopic (exact) mass is 292 g/mol. The first-order valence-electron chi connectivity index (χ1n) is 6.06. The maximum atomic E-state index is 11.3. The fraction of sp³-hybridized carbons (Fsp3) is 0.214. The Bertz CT molecular complexity index is 699. The Morgan fingerprint density at radius 2 is 1.95 bits per heavy atom. The summed E-state index contributed by atoms with van der Waals surface area (Å²) in [6.45, 7) is 2.36. The van der Waals surface area contributed by atoms with Gasteiger partial charge in [0.15, 0.2) is 11.6 Å². The van der Waals surface area contributed by atoms with E-state index in [9.17, 15) is 8.42 Å². The molecular formula is C14H16N2O3S. The number of hydrogen-bond acceptors (Lipinski definition) is 4. The van der Waals surface area contributed by atoms with Crippen LogP contribution in [0, 0.1) is 6.92 Å². The second kappa shape index (κ2) is 5.92. The third-order valence-electron chi connectivity index (χ3n) is 2.70. The summed E-state index contributed by atoms with van der Waals surface area (Å²) < 4.78 is 30.5. The van der Waals surface area contributed by atoms with Gasteiger partial charge in [0.2, 0.25) is 10.0 Å². The quantitative estimate of drug-likeness (QED) is 0.918. The van der Waals surface area contributed by atoms with Gasteiger partial charge in [-0.1, -0.05) is 24.3 Å². The highest BCUT2D eigenvalue weighted by atomic mass is 32.2. The molecular weight excluding hydrogens is 276 g/mol. The molecule has 0 saturated heterocycles. The van der Waals surface area contributed by atoms with Crippen molar-refractivity contribution in [2.75, 3.05) is 11.0 Å². The van der Waals surface area contributed by atoms with Crippen LogP contribution >= 0.6 is 0 Å². The first-order valence-corrected chi connectivity index (χ1v) is 7.95. The van der Waals surface area contributed by atoms with Gasteiger partial charge in [-0.25, -0.2) is 13.4 Å². The number of nitrogens with zero attached hydrogens (tertiary/aromatic N) is 1. The highest BCUT2D eigenvalue weighted by Crippen LogP contribution is 2.23. The van der Waals surface area contributed by atoms with E-state index in [0.29, 0.717) is 12.4 Å². The minimum absolute atomic E-state index is 0.198. The van der Waals surface area contributed by atoms with Crippen molar-refractivity contribution < 1.29 is 13.2 Å². The molecule has 0 aliphatic rings. The molecule has 20 heavy (non-hydrogen) atoms. The molecule has 0 aliphatic carbocycles. The maximum absolute atomic E-state index is 11.3. The highest BCUT2D eigenvalue weighted by Gasteiger charge is 2.10. The van der Waals surface area contributed by atoms with Crippen LogP contribution in [0.25, 0.3) is 0 Å². The molecule has 0 radical (unpaired) electrons. The van der Waals surface area contributed by atoms with Crippen LogP contribution in [0.2, 0.25) is 0 Å². The van der Waals surface area contributed by atoms with Gasteiger partial charge in [0.25, 0.3) is 0 Å². The van der Waals surface area contributed by atoms with Crippen LogP contribution in [0.15, 0.2) is 42.6 Å². The van der Waals surface area contributed by atoms with Gasteiger partial charge in [-0.3, -0.25) is 4.72 Å². The fourth-order valence-electron chi connectivity index (χ4n) is 1.69. The van der Waals surface area contributed by atoms with Crippen molar-refractivity contribution in [3.63, 3.8) is 0 Å².